The van der Waals surface area contributed by atoms with Crippen molar-refractivity contribution in [2.24, 2.45) is 0 Å². The van der Waals surface area contributed by atoms with Crippen molar-refractivity contribution >= 4 is 16.8 Å². The number of pyridine rings is 1. The van der Waals surface area contributed by atoms with Crippen LogP contribution >= 0.6 is 0 Å². The molecule has 0 saturated heterocycles. The van der Waals surface area contributed by atoms with Gasteiger partial charge in [0.2, 0.25) is 5.91 Å². The number of aromatic nitrogens is 1. The summed E-state index contributed by atoms with van der Waals surface area (Å²) in [5, 5.41) is 3.99. The van der Waals surface area contributed by atoms with Gasteiger partial charge < -0.3 is 5.32 Å². The molecule has 0 unspecified atom stereocenters. The van der Waals surface area contributed by atoms with Crippen LogP contribution in [0.2, 0.25) is 0 Å². The van der Waals surface area contributed by atoms with E-state index in [2.05, 4.69) is 17.2 Å². The average molecular weight is 242 g/mol. The number of carbonyl (C=O) groups is 1. The molecule has 1 heterocycles. The minimum Gasteiger partial charge on any atom is -0.356 e. The van der Waals surface area contributed by atoms with Crippen molar-refractivity contribution in [3.8, 4) is 0 Å². The fourth-order valence-electron chi connectivity index (χ4n) is 1.87. The maximum atomic E-state index is 11.7. The van der Waals surface area contributed by atoms with Gasteiger partial charge in [-0.1, -0.05) is 31.5 Å². The van der Waals surface area contributed by atoms with Crippen LogP contribution in [0.3, 0.4) is 0 Å². The maximum absolute atomic E-state index is 11.7. The molecule has 0 aliphatic rings. The molecule has 2 aromatic rings. The van der Waals surface area contributed by atoms with E-state index in [1.165, 1.54) is 0 Å². The Morgan fingerprint density at radius 2 is 2.17 bits per heavy atom. The highest BCUT2D eigenvalue weighted by Crippen LogP contribution is 2.12. The van der Waals surface area contributed by atoms with Gasteiger partial charge in [-0.2, -0.15) is 0 Å². The van der Waals surface area contributed by atoms with E-state index >= 15 is 0 Å². The van der Waals surface area contributed by atoms with Crippen LogP contribution < -0.4 is 5.32 Å². The third-order valence-electron chi connectivity index (χ3n) is 2.86. The molecule has 0 saturated carbocycles. The number of amides is 1. The molecule has 18 heavy (non-hydrogen) atoms. The first-order valence-corrected chi connectivity index (χ1v) is 6.40. The van der Waals surface area contributed by atoms with Crippen LogP contribution in [-0.4, -0.2) is 17.4 Å². The van der Waals surface area contributed by atoms with Crippen molar-refractivity contribution in [2.45, 2.75) is 26.2 Å². The van der Waals surface area contributed by atoms with Crippen LogP contribution in [0.4, 0.5) is 0 Å². The molecule has 2 rings (SSSR count). The highest BCUT2D eigenvalue weighted by atomic mass is 16.1. The van der Waals surface area contributed by atoms with E-state index in [1.807, 2.05) is 30.3 Å². The molecule has 0 spiro atoms. The Hall–Kier alpha value is -1.90. The second-order valence-electron chi connectivity index (χ2n) is 4.42. The van der Waals surface area contributed by atoms with Crippen molar-refractivity contribution in [1.82, 2.24) is 10.3 Å². The van der Waals surface area contributed by atoms with Gasteiger partial charge in [0.05, 0.1) is 11.9 Å². The lowest BCUT2D eigenvalue weighted by atomic mass is 10.1. The number of rotatable bonds is 5. The summed E-state index contributed by atoms with van der Waals surface area (Å²) >= 11 is 0. The van der Waals surface area contributed by atoms with E-state index in [0.717, 1.165) is 35.9 Å². The largest absolute Gasteiger partial charge is 0.356 e. The molecule has 0 radical (unpaired) electrons. The third-order valence-corrected chi connectivity index (χ3v) is 2.86. The van der Waals surface area contributed by atoms with Crippen LogP contribution in [0.25, 0.3) is 10.9 Å². The first kappa shape index (κ1) is 12.6. The Morgan fingerprint density at radius 1 is 1.33 bits per heavy atom. The number of nitrogens with one attached hydrogen (secondary N) is 1. The Labute approximate surface area is 107 Å². The van der Waals surface area contributed by atoms with Crippen molar-refractivity contribution in [1.29, 1.82) is 0 Å². The molecular weight excluding hydrogens is 224 g/mol. The average Bonchev–Trinajstić information content (AvgIpc) is 2.39. The predicted molar refractivity (Wildman–Crippen MR) is 73.4 cm³/mol. The lowest BCUT2D eigenvalue weighted by Gasteiger charge is -2.05. The summed E-state index contributed by atoms with van der Waals surface area (Å²) in [6.45, 7) is 2.87. The molecule has 1 aromatic carbocycles. The van der Waals surface area contributed by atoms with Crippen LogP contribution in [0.5, 0.6) is 0 Å². The van der Waals surface area contributed by atoms with Crippen LogP contribution in [0.1, 0.15) is 25.3 Å². The highest BCUT2D eigenvalue weighted by molar-refractivity contribution is 5.82. The molecule has 0 fully saturated rings. The van der Waals surface area contributed by atoms with Crippen LogP contribution in [0, 0.1) is 0 Å². The van der Waals surface area contributed by atoms with Crippen molar-refractivity contribution in [3.63, 3.8) is 0 Å². The van der Waals surface area contributed by atoms with Gasteiger partial charge in [0, 0.05) is 18.1 Å². The Kier molecular flexibility index (Phi) is 4.29. The second kappa shape index (κ2) is 6.15. The van der Waals surface area contributed by atoms with Gasteiger partial charge in [-0.05, 0) is 24.1 Å². The predicted octanol–water partition coefficient (Wildman–Crippen LogP) is 2.69. The summed E-state index contributed by atoms with van der Waals surface area (Å²) in [7, 11) is 0. The fraction of sp³-hybridized carbons (Fsp3) is 0.333. The van der Waals surface area contributed by atoms with Crippen molar-refractivity contribution in [3.05, 3.63) is 42.1 Å². The minimum atomic E-state index is 0.0699. The van der Waals surface area contributed by atoms with E-state index in [9.17, 15) is 4.79 Å². The Morgan fingerprint density at radius 3 is 3.00 bits per heavy atom. The van der Waals surface area contributed by atoms with Crippen LogP contribution in [-0.2, 0) is 11.2 Å². The van der Waals surface area contributed by atoms with Gasteiger partial charge in [0.15, 0.2) is 0 Å². The highest BCUT2D eigenvalue weighted by Gasteiger charge is 2.04. The number of nitrogens with zero attached hydrogens (tertiary/aromatic N) is 1. The first-order valence-electron chi connectivity index (χ1n) is 6.40. The summed E-state index contributed by atoms with van der Waals surface area (Å²) in [6.07, 6.45) is 4.31. The summed E-state index contributed by atoms with van der Waals surface area (Å²) in [5.74, 6) is 0.0699. The van der Waals surface area contributed by atoms with Crippen molar-refractivity contribution in [2.75, 3.05) is 6.54 Å². The Bertz CT molecular complexity index is 537. The fourth-order valence-corrected chi connectivity index (χ4v) is 1.87. The smallest absolute Gasteiger partial charge is 0.224 e. The van der Waals surface area contributed by atoms with E-state index < -0.39 is 0 Å². The SMILES string of the molecule is CCCCNC(=O)Cc1cnc2ccccc2c1. The van der Waals surface area contributed by atoms with E-state index in [1.54, 1.807) is 6.20 Å². The molecule has 1 aromatic heterocycles. The zero-order valence-corrected chi connectivity index (χ0v) is 10.6. The number of fused-ring (bicyclic) bond motifs is 1. The normalized spacial score (nSPS) is 10.5. The van der Waals surface area contributed by atoms with Gasteiger partial charge >= 0.3 is 0 Å². The monoisotopic (exact) mass is 242 g/mol. The number of hydrogen-bond donors (Lipinski definition) is 1. The Balaban J connectivity index is 2.01. The molecule has 3 nitrogen and oxygen atoms in total. The van der Waals surface area contributed by atoms with Gasteiger partial charge in [0.1, 0.15) is 0 Å². The molecule has 0 atom stereocenters. The first-order chi connectivity index (χ1) is 8.79. The number of carbonyl (C=O) groups excluding carboxylic acids is 1. The zero-order valence-electron chi connectivity index (χ0n) is 10.6. The molecule has 1 N–H and O–H groups in total. The van der Waals surface area contributed by atoms with Crippen LogP contribution in [0.15, 0.2) is 36.5 Å². The van der Waals surface area contributed by atoms with Crippen molar-refractivity contribution < 1.29 is 4.79 Å². The summed E-state index contributed by atoms with van der Waals surface area (Å²) in [6, 6.07) is 9.96. The van der Waals surface area contributed by atoms with E-state index in [-0.39, 0.29) is 5.91 Å². The molecular formula is C15H18N2O. The summed E-state index contributed by atoms with van der Waals surface area (Å²) in [4.78, 5) is 16.0. The lowest BCUT2D eigenvalue weighted by molar-refractivity contribution is -0.120. The minimum absolute atomic E-state index is 0.0699. The number of benzene rings is 1. The second-order valence-corrected chi connectivity index (χ2v) is 4.42. The van der Waals surface area contributed by atoms with Gasteiger partial charge in [-0.3, -0.25) is 9.78 Å². The zero-order chi connectivity index (χ0) is 12.8. The third kappa shape index (κ3) is 3.29. The lowest BCUT2D eigenvalue weighted by Crippen LogP contribution is -2.25. The van der Waals surface area contributed by atoms with E-state index in [0.29, 0.717) is 6.42 Å². The molecule has 94 valence electrons. The van der Waals surface area contributed by atoms with Gasteiger partial charge in [0.25, 0.3) is 0 Å². The summed E-state index contributed by atoms with van der Waals surface area (Å²) in [5.41, 5.74) is 1.93. The molecule has 1 amide bonds. The quantitative estimate of drug-likeness (QED) is 0.819. The molecule has 0 bridgehead atoms. The summed E-state index contributed by atoms with van der Waals surface area (Å²) < 4.78 is 0. The molecule has 0 aliphatic carbocycles. The van der Waals surface area contributed by atoms with Gasteiger partial charge in [-0.15, -0.1) is 0 Å². The van der Waals surface area contributed by atoms with E-state index in [4.69, 9.17) is 0 Å². The number of unbranched alkanes of at least 4 members (excludes halogenated alkanes) is 1. The maximum Gasteiger partial charge on any atom is 0.224 e. The standard InChI is InChI=1S/C15H18N2O/c1-2-3-8-16-15(18)10-12-9-13-6-4-5-7-14(13)17-11-12/h4-7,9,11H,2-3,8,10H2,1H3,(H,16,18). The molecule has 0 aliphatic heterocycles. The molecule has 3 heteroatoms. The number of hydrogen-bond acceptors (Lipinski definition) is 2. The topological polar surface area (TPSA) is 42.0 Å². The van der Waals surface area contributed by atoms with Gasteiger partial charge in [-0.25, -0.2) is 0 Å². The number of para-hydroxylation sites is 1.